The number of para-hydroxylation sites is 2. The zero-order valence-corrected chi connectivity index (χ0v) is 13.6. The fourth-order valence-corrected chi connectivity index (χ4v) is 2.40. The van der Waals surface area contributed by atoms with Crippen LogP contribution in [0.15, 0.2) is 24.3 Å². The molecule has 1 heterocycles. The predicted octanol–water partition coefficient (Wildman–Crippen LogP) is 2.65. The third-order valence-electron chi connectivity index (χ3n) is 3.57. The van der Waals surface area contributed by atoms with Gasteiger partial charge in [0.2, 0.25) is 0 Å². The number of esters is 1. The Balaban J connectivity index is 2.65. The number of ether oxygens (including phenoxy) is 1. The molecule has 120 valence electrons. The molecule has 0 spiro atoms. The Labute approximate surface area is 135 Å². The van der Waals surface area contributed by atoms with Gasteiger partial charge in [-0.1, -0.05) is 12.1 Å². The largest absolute Gasteiger partial charge is 0.465 e. The SMILES string of the molecule is CCOC(=O)[C@@H](C#N)c1nc2ccccc2nc1N(CC)CC. The van der Waals surface area contributed by atoms with Gasteiger partial charge in [0, 0.05) is 13.1 Å². The molecule has 0 N–H and O–H groups in total. The summed E-state index contributed by atoms with van der Waals surface area (Å²) in [6.45, 7) is 7.34. The molecule has 0 aliphatic rings. The summed E-state index contributed by atoms with van der Waals surface area (Å²) in [6.07, 6.45) is 0. The van der Waals surface area contributed by atoms with Gasteiger partial charge in [-0.2, -0.15) is 5.26 Å². The number of benzene rings is 1. The first-order valence-corrected chi connectivity index (χ1v) is 7.74. The molecule has 0 radical (unpaired) electrons. The van der Waals surface area contributed by atoms with E-state index < -0.39 is 11.9 Å². The first-order valence-electron chi connectivity index (χ1n) is 7.74. The second-order valence-electron chi connectivity index (χ2n) is 4.91. The van der Waals surface area contributed by atoms with Gasteiger partial charge in [0.05, 0.1) is 23.7 Å². The number of hydrogen-bond acceptors (Lipinski definition) is 6. The Morgan fingerprint density at radius 1 is 1.22 bits per heavy atom. The van der Waals surface area contributed by atoms with Crippen molar-refractivity contribution in [3.05, 3.63) is 30.0 Å². The van der Waals surface area contributed by atoms with Crippen LogP contribution in [0.2, 0.25) is 0 Å². The fourth-order valence-electron chi connectivity index (χ4n) is 2.40. The summed E-state index contributed by atoms with van der Waals surface area (Å²) >= 11 is 0. The van der Waals surface area contributed by atoms with Gasteiger partial charge in [-0.15, -0.1) is 0 Å². The van der Waals surface area contributed by atoms with Crippen LogP contribution in [0, 0.1) is 11.3 Å². The van der Waals surface area contributed by atoms with Crippen LogP contribution in [0.4, 0.5) is 5.82 Å². The van der Waals surface area contributed by atoms with Gasteiger partial charge in [-0.25, -0.2) is 9.97 Å². The second-order valence-corrected chi connectivity index (χ2v) is 4.91. The van der Waals surface area contributed by atoms with E-state index in [-0.39, 0.29) is 6.61 Å². The quantitative estimate of drug-likeness (QED) is 0.763. The third-order valence-corrected chi connectivity index (χ3v) is 3.57. The minimum Gasteiger partial charge on any atom is -0.465 e. The first kappa shape index (κ1) is 16.7. The van der Waals surface area contributed by atoms with Crippen molar-refractivity contribution >= 4 is 22.8 Å². The molecular formula is C17H20N4O2. The molecular weight excluding hydrogens is 292 g/mol. The van der Waals surface area contributed by atoms with Gasteiger partial charge in [-0.3, -0.25) is 4.79 Å². The lowest BCUT2D eigenvalue weighted by Crippen LogP contribution is -2.27. The Hall–Kier alpha value is -2.68. The summed E-state index contributed by atoms with van der Waals surface area (Å²) in [5, 5.41) is 9.46. The number of anilines is 1. The van der Waals surface area contributed by atoms with Gasteiger partial charge in [0.25, 0.3) is 0 Å². The van der Waals surface area contributed by atoms with E-state index in [2.05, 4.69) is 9.97 Å². The highest BCUT2D eigenvalue weighted by Gasteiger charge is 2.29. The highest BCUT2D eigenvalue weighted by molar-refractivity contribution is 5.85. The molecule has 0 aliphatic heterocycles. The van der Waals surface area contributed by atoms with Crippen molar-refractivity contribution in [2.75, 3.05) is 24.6 Å². The summed E-state index contributed by atoms with van der Waals surface area (Å²) in [6, 6.07) is 9.43. The standard InChI is InChI=1S/C17H20N4O2/c1-4-21(5-2)16-15(12(11-18)17(22)23-6-3)19-13-9-7-8-10-14(13)20-16/h7-10,12H,4-6H2,1-3H3/t12-/m0/s1. The molecule has 6 nitrogen and oxygen atoms in total. The van der Waals surface area contributed by atoms with Crippen molar-refractivity contribution < 1.29 is 9.53 Å². The van der Waals surface area contributed by atoms with Gasteiger partial charge in [0.15, 0.2) is 11.7 Å². The zero-order chi connectivity index (χ0) is 16.8. The number of rotatable bonds is 6. The van der Waals surface area contributed by atoms with E-state index in [0.717, 1.165) is 5.52 Å². The van der Waals surface area contributed by atoms with Crippen LogP contribution in [-0.4, -0.2) is 35.6 Å². The number of fused-ring (bicyclic) bond motifs is 1. The average Bonchev–Trinajstić information content (AvgIpc) is 2.57. The van der Waals surface area contributed by atoms with Crippen molar-refractivity contribution in [2.45, 2.75) is 26.7 Å². The van der Waals surface area contributed by atoms with E-state index in [4.69, 9.17) is 4.74 Å². The van der Waals surface area contributed by atoms with Crippen molar-refractivity contribution in [1.29, 1.82) is 5.26 Å². The molecule has 0 saturated heterocycles. The van der Waals surface area contributed by atoms with Crippen LogP contribution in [0.1, 0.15) is 32.4 Å². The molecule has 1 aromatic carbocycles. The van der Waals surface area contributed by atoms with E-state index in [1.54, 1.807) is 6.92 Å². The van der Waals surface area contributed by atoms with Crippen molar-refractivity contribution in [3.63, 3.8) is 0 Å². The number of carbonyl (C=O) groups is 1. The summed E-state index contributed by atoms with van der Waals surface area (Å²) in [4.78, 5) is 23.3. The van der Waals surface area contributed by atoms with Gasteiger partial charge < -0.3 is 9.64 Å². The van der Waals surface area contributed by atoms with Crippen LogP contribution < -0.4 is 4.90 Å². The summed E-state index contributed by atoms with van der Waals surface area (Å²) in [5.74, 6) is -1.11. The monoisotopic (exact) mass is 312 g/mol. The van der Waals surface area contributed by atoms with Crippen molar-refractivity contribution in [3.8, 4) is 6.07 Å². The van der Waals surface area contributed by atoms with E-state index in [1.165, 1.54) is 0 Å². The summed E-state index contributed by atoms with van der Waals surface area (Å²) < 4.78 is 5.02. The lowest BCUT2D eigenvalue weighted by atomic mass is 10.1. The smallest absolute Gasteiger partial charge is 0.329 e. The third kappa shape index (κ3) is 3.39. The number of nitrogens with zero attached hydrogens (tertiary/aromatic N) is 4. The van der Waals surface area contributed by atoms with Crippen LogP contribution in [0.25, 0.3) is 11.0 Å². The van der Waals surface area contributed by atoms with E-state index >= 15 is 0 Å². The maximum Gasteiger partial charge on any atom is 0.329 e. The normalized spacial score (nSPS) is 11.7. The number of nitriles is 1. The minimum atomic E-state index is -1.08. The van der Waals surface area contributed by atoms with E-state index in [9.17, 15) is 10.1 Å². The maximum atomic E-state index is 12.1. The summed E-state index contributed by atoms with van der Waals surface area (Å²) in [5.41, 5.74) is 1.75. The number of hydrogen-bond donors (Lipinski definition) is 0. The van der Waals surface area contributed by atoms with Crippen LogP contribution in [-0.2, 0) is 9.53 Å². The molecule has 2 rings (SSSR count). The number of carbonyl (C=O) groups excluding carboxylic acids is 1. The Morgan fingerprint density at radius 3 is 2.35 bits per heavy atom. The molecule has 0 fully saturated rings. The Morgan fingerprint density at radius 2 is 1.83 bits per heavy atom. The zero-order valence-electron chi connectivity index (χ0n) is 13.6. The predicted molar refractivity (Wildman–Crippen MR) is 88.1 cm³/mol. The Bertz CT molecular complexity index is 735. The molecule has 0 saturated carbocycles. The van der Waals surface area contributed by atoms with Gasteiger partial charge in [0.1, 0.15) is 5.69 Å². The van der Waals surface area contributed by atoms with Crippen LogP contribution in [0.5, 0.6) is 0 Å². The molecule has 1 atom stereocenters. The average molecular weight is 312 g/mol. The minimum absolute atomic E-state index is 0.221. The highest BCUT2D eigenvalue weighted by Crippen LogP contribution is 2.27. The Kier molecular flexibility index (Phi) is 5.47. The lowest BCUT2D eigenvalue weighted by molar-refractivity contribution is -0.143. The first-order chi connectivity index (χ1) is 11.2. The molecule has 0 aliphatic carbocycles. The van der Waals surface area contributed by atoms with E-state index in [0.29, 0.717) is 30.1 Å². The van der Waals surface area contributed by atoms with Gasteiger partial charge in [-0.05, 0) is 32.9 Å². The molecule has 6 heteroatoms. The molecule has 2 aromatic rings. The van der Waals surface area contributed by atoms with Crippen LogP contribution >= 0.6 is 0 Å². The van der Waals surface area contributed by atoms with Gasteiger partial charge >= 0.3 is 5.97 Å². The number of aromatic nitrogens is 2. The molecule has 0 unspecified atom stereocenters. The van der Waals surface area contributed by atoms with E-state index in [1.807, 2.05) is 49.1 Å². The summed E-state index contributed by atoms with van der Waals surface area (Å²) in [7, 11) is 0. The van der Waals surface area contributed by atoms with Crippen molar-refractivity contribution in [1.82, 2.24) is 9.97 Å². The molecule has 1 aromatic heterocycles. The fraction of sp³-hybridized carbons (Fsp3) is 0.412. The molecule has 0 bridgehead atoms. The lowest BCUT2D eigenvalue weighted by Gasteiger charge is -2.23. The second kappa shape index (κ2) is 7.54. The van der Waals surface area contributed by atoms with Crippen molar-refractivity contribution in [2.24, 2.45) is 0 Å². The molecule has 0 amide bonds. The van der Waals surface area contributed by atoms with Crippen LogP contribution in [0.3, 0.4) is 0 Å². The molecule has 23 heavy (non-hydrogen) atoms. The topological polar surface area (TPSA) is 79.1 Å². The highest BCUT2D eigenvalue weighted by atomic mass is 16.5. The maximum absolute atomic E-state index is 12.1.